The highest BCUT2D eigenvalue weighted by Gasteiger charge is 2.11. The van der Waals surface area contributed by atoms with Crippen LogP contribution in [0.25, 0.3) is 0 Å². The number of carboxylic acids is 1. The van der Waals surface area contributed by atoms with Crippen LogP contribution in [0.2, 0.25) is 0 Å². The van der Waals surface area contributed by atoms with E-state index in [9.17, 15) is 9.59 Å². The smallest absolute Gasteiger partial charge is 0.320 e. The number of carbonyl (C=O) groups is 2. The van der Waals surface area contributed by atoms with E-state index >= 15 is 0 Å². The van der Waals surface area contributed by atoms with Crippen LogP contribution in [0.4, 0.5) is 0 Å². The lowest BCUT2D eigenvalue weighted by molar-refractivity contribution is -0.139. The van der Waals surface area contributed by atoms with E-state index in [-0.39, 0.29) is 12.5 Å². The highest BCUT2D eigenvalue weighted by molar-refractivity contribution is 5.79. The summed E-state index contributed by atoms with van der Waals surface area (Å²) in [5.74, 6) is -0.732. The molecule has 0 saturated carbocycles. The van der Waals surface area contributed by atoms with Gasteiger partial charge in [0.25, 0.3) is 0 Å². The van der Waals surface area contributed by atoms with Crippen molar-refractivity contribution in [1.29, 1.82) is 0 Å². The van der Waals surface area contributed by atoms with Crippen molar-refractivity contribution >= 4 is 11.9 Å². The van der Waals surface area contributed by atoms with Gasteiger partial charge in [0.1, 0.15) is 6.04 Å². The number of carboxylic acid groups (broad SMARTS) is 1. The molecule has 0 aliphatic carbocycles. The molecule has 82 valence electrons. The second kappa shape index (κ2) is 6.37. The molecule has 0 rings (SSSR count). The van der Waals surface area contributed by atoms with Gasteiger partial charge in [-0.2, -0.15) is 0 Å². The highest BCUT2D eigenvalue weighted by atomic mass is 16.4. The molecule has 0 spiro atoms. The minimum Gasteiger partial charge on any atom is -0.480 e. The maximum absolute atomic E-state index is 11.1. The van der Waals surface area contributed by atoms with Gasteiger partial charge in [-0.1, -0.05) is 13.8 Å². The number of carbonyl (C=O) groups excluding carboxylic acids is 1. The first kappa shape index (κ1) is 12.9. The standard InChI is InChI=1S/C9H18N2O3/c1-6(2)4-11-8(12)5-10-7(3)9(13)14/h6-7,10H,4-5H2,1-3H3,(H,11,12)(H,13,14)/t7-/m1/s1. The third-order valence-corrected chi connectivity index (χ3v) is 1.65. The van der Waals surface area contributed by atoms with Crippen LogP contribution in [0.5, 0.6) is 0 Å². The van der Waals surface area contributed by atoms with Gasteiger partial charge in [0.2, 0.25) is 5.91 Å². The lowest BCUT2D eigenvalue weighted by Gasteiger charge is -2.10. The molecular weight excluding hydrogens is 184 g/mol. The van der Waals surface area contributed by atoms with Crippen LogP contribution in [0, 0.1) is 5.92 Å². The minimum absolute atomic E-state index is 0.0419. The van der Waals surface area contributed by atoms with Crippen molar-refractivity contribution in [2.75, 3.05) is 13.1 Å². The second-order valence-corrected chi connectivity index (χ2v) is 3.64. The van der Waals surface area contributed by atoms with E-state index in [4.69, 9.17) is 5.11 Å². The zero-order chi connectivity index (χ0) is 11.1. The largest absolute Gasteiger partial charge is 0.480 e. The fraction of sp³-hybridized carbons (Fsp3) is 0.778. The van der Waals surface area contributed by atoms with E-state index < -0.39 is 12.0 Å². The van der Waals surface area contributed by atoms with Crippen molar-refractivity contribution in [2.24, 2.45) is 5.92 Å². The van der Waals surface area contributed by atoms with E-state index in [1.807, 2.05) is 13.8 Å². The van der Waals surface area contributed by atoms with Crippen molar-refractivity contribution in [3.05, 3.63) is 0 Å². The van der Waals surface area contributed by atoms with E-state index in [1.54, 1.807) is 0 Å². The van der Waals surface area contributed by atoms with E-state index in [2.05, 4.69) is 10.6 Å². The molecule has 0 aliphatic rings. The molecule has 3 N–H and O–H groups in total. The van der Waals surface area contributed by atoms with Crippen molar-refractivity contribution < 1.29 is 14.7 Å². The molecule has 0 radical (unpaired) electrons. The molecule has 0 bridgehead atoms. The molecule has 14 heavy (non-hydrogen) atoms. The van der Waals surface area contributed by atoms with E-state index in [1.165, 1.54) is 6.92 Å². The molecule has 0 saturated heterocycles. The van der Waals surface area contributed by atoms with Gasteiger partial charge in [-0.15, -0.1) is 0 Å². The average molecular weight is 202 g/mol. The summed E-state index contributed by atoms with van der Waals surface area (Å²) in [5.41, 5.74) is 0. The number of hydrogen-bond acceptors (Lipinski definition) is 3. The van der Waals surface area contributed by atoms with E-state index in [0.717, 1.165) is 0 Å². The highest BCUT2D eigenvalue weighted by Crippen LogP contribution is 1.86. The summed E-state index contributed by atoms with van der Waals surface area (Å²) in [5, 5.41) is 13.8. The lowest BCUT2D eigenvalue weighted by Crippen LogP contribution is -2.42. The molecule has 5 heteroatoms. The molecule has 0 aliphatic heterocycles. The van der Waals surface area contributed by atoms with Gasteiger partial charge in [-0.3, -0.25) is 14.9 Å². The van der Waals surface area contributed by atoms with Crippen molar-refractivity contribution in [3.63, 3.8) is 0 Å². The molecule has 0 aromatic rings. The molecule has 1 atom stereocenters. The van der Waals surface area contributed by atoms with Gasteiger partial charge < -0.3 is 10.4 Å². The fourth-order valence-corrected chi connectivity index (χ4v) is 0.714. The third kappa shape index (κ3) is 6.42. The Kier molecular flexibility index (Phi) is 5.87. The third-order valence-electron chi connectivity index (χ3n) is 1.65. The van der Waals surface area contributed by atoms with Gasteiger partial charge in [0.15, 0.2) is 0 Å². The van der Waals surface area contributed by atoms with Gasteiger partial charge in [-0.05, 0) is 12.8 Å². The van der Waals surface area contributed by atoms with Gasteiger partial charge in [0, 0.05) is 6.54 Å². The Bertz CT molecular complexity index is 204. The Morgan fingerprint density at radius 3 is 2.29 bits per heavy atom. The normalized spacial score (nSPS) is 12.6. The predicted octanol–water partition coefficient (Wildman–Crippen LogP) is -0.179. The summed E-state index contributed by atoms with van der Waals surface area (Å²) in [6, 6.07) is -0.695. The predicted molar refractivity (Wildman–Crippen MR) is 52.9 cm³/mol. The van der Waals surface area contributed by atoms with Gasteiger partial charge in [-0.25, -0.2) is 0 Å². The summed E-state index contributed by atoms with van der Waals surface area (Å²) >= 11 is 0. The fourth-order valence-electron chi connectivity index (χ4n) is 0.714. The van der Waals surface area contributed by atoms with Gasteiger partial charge >= 0.3 is 5.97 Å². The van der Waals surface area contributed by atoms with Crippen LogP contribution in [-0.2, 0) is 9.59 Å². The minimum atomic E-state index is -0.957. The number of rotatable bonds is 6. The maximum atomic E-state index is 11.1. The summed E-state index contributed by atoms with van der Waals surface area (Å²) in [6.45, 7) is 6.14. The number of nitrogens with one attached hydrogen (secondary N) is 2. The number of hydrogen-bond donors (Lipinski definition) is 3. The topological polar surface area (TPSA) is 78.4 Å². The van der Waals surface area contributed by atoms with Crippen molar-refractivity contribution in [2.45, 2.75) is 26.8 Å². The van der Waals surface area contributed by atoms with Crippen LogP contribution < -0.4 is 10.6 Å². The number of amides is 1. The summed E-state index contributed by atoms with van der Waals surface area (Å²) in [7, 11) is 0. The molecule has 0 aromatic heterocycles. The zero-order valence-electron chi connectivity index (χ0n) is 8.83. The van der Waals surface area contributed by atoms with Crippen molar-refractivity contribution in [1.82, 2.24) is 10.6 Å². The molecule has 0 unspecified atom stereocenters. The van der Waals surface area contributed by atoms with Gasteiger partial charge in [0.05, 0.1) is 6.54 Å². The molecule has 1 amide bonds. The summed E-state index contributed by atoms with van der Waals surface area (Å²) < 4.78 is 0. The lowest BCUT2D eigenvalue weighted by atomic mass is 10.2. The second-order valence-electron chi connectivity index (χ2n) is 3.64. The Balaban J connectivity index is 3.59. The molecule has 0 heterocycles. The Hall–Kier alpha value is -1.10. The molecule has 5 nitrogen and oxygen atoms in total. The molecular formula is C9H18N2O3. The Morgan fingerprint density at radius 1 is 1.29 bits per heavy atom. The Labute approximate surface area is 83.9 Å². The molecule has 0 aromatic carbocycles. The first-order valence-corrected chi connectivity index (χ1v) is 4.66. The summed E-state index contributed by atoms with van der Waals surface area (Å²) in [4.78, 5) is 21.5. The van der Waals surface area contributed by atoms with Crippen LogP contribution in [0.3, 0.4) is 0 Å². The average Bonchev–Trinajstić information content (AvgIpc) is 2.10. The first-order chi connectivity index (χ1) is 6.43. The molecule has 0 fully saturated rings. The van der Waals surface area contributed by atoms with Crippen molar-refractivity contribution in [3.8, 4) is 0 Å². The number of aliphatic carboxylic acids is 1. The van der Waals surface area contributed by atoms with Crippen LogP contribution in [0.15, 0.2) is 0 Å². The van der Waals surface area contributed by atoms with Crippen LogP contribution >= 0.6 is 0 Å². The van der Waals surface area contributed by atoms with Crippen LogP contribution in [0.1, 0.15) is 20.8 Å². The quantitative estimate of drug-likeness (QED) is 0.558. The zero-order valence-corrected chi connectivity index (χ0v) is 8.83. The Morgan fingerprint density at radius 2 is 1.86 bits per heavy atom. The monoisotopic (exact) mass is 202 g/mol. The first-order valence-electron chi connectivity index (χ1n) is 4.66. The SMILES string of the molecule is CC(C)CNC(=O)CN[C@H](C)C(=O)O. The van der Waals surface area contributed by atoms with Crippen LogP contribution in [-0.4, -0.2) is 36.1 Å². The van der Waals surface area contributed by atoms with E-state index in [0.29, 0.717) is 12.5 Å². The maximum Gasteiger partial charge on any atom is 0.320 e. The summed E-state index contributed by atoms with van der Waals surface area (Å²) in [6.07, 6.45) is 0.